The van der Waals surface area contributed by atoms with Gasteiger partial charge in [0.25, 0.3) is 0 Å². The van der Waals surface area contributed by atoms with E-state index < -0.39 is 5.97 Å². The molecule has 2 aromatic carbocycles. The molecule has 0 atom stereocenters. The number of hydrogen-bond acceptors (Lipinski definition) is 6. The lowest BCUT2D eigenvalue weighted by molar-refractivity contribution is 0.0601. The second-order valence-corrected chi connectivity index (χ2v) is 8.91. The van der Waals surface area contributed by atoms with Gasteiger partial charge in [0.05, 0.1) is 23.7 Å². The zero-order valence-corrected chi connectivity index (χ0v) is 21.2. The molecule has 7 nitrogen and oxygen atoms in total. The number of fused-ring (bicyclic) bond motifs is 3. The molecule has 35 heavy (non-hydrogen) atoms. The Balaban J connectivity index is 1.79. The van der Waals surface area contributed by atoms with Gasteiger partial charge in [-0.2, -0.15) is 0 Å². The van der Waals surface area contributed by atoms with Crippen LogP contribution in [0.5, 0.6) is 0 Å². The SMILES string of the molecule is CCCCc1nc2c(N)nc3cc(C(=O)OC)ccc3c2n1Cc1ccc(CN(CC)CC)cc1. The number of esters is 1. The number of carbonyl (C=O) groups is 1. The van der Waals surface area contributed by atoms with Gasteiger partial charge in [0.15, 0.2) is 5.82 Å². The van der Waals surface area contributed by atoms with Gasteiger partial charge in [-0.1, -0.05) is 51.5 Å². The minimum Gasteiger partial charge on any atom is -0.465 e. The minimum absolute atomic E-state index is 0.376. The lowest BCUT2D eigenvalue weighted by atomic mass is 10.1. The van der Waals surface area contributed by atoms with Crippen LogP contribution >= 0.6 is 0 Å². The molecular formula is C28H35N5O2. The topological polar surface area (TPSA) is 86.3 Å². The third-order valence-electron chi connectivity index (χ3n) is 6.62. The van der Waals surface area contributed by atoms with Gasteiger partial charge < -0.3 is 15.0 Å². The Hall–Kier alpha value is -3.45. The molecule has 2 N–H and O–H groups in total. The summed E-state index contributed by atoms with van der Waals surface area (Å²) in [6, 6.07) is 14.3. The number of unbranched alkanes of at least 4 members (excludes halogenated alkanes) is 1. The van der Waals surface area contributed by atoms with Crippen LogP contribution in [0.2, 0.25) is 0 Å². The zero-order valence-electron chi connectivity index (χ0n) is 21.2. The van der Waals surface area contributed by atoms with E-state index in [0.717, 1.165) is 55.6 Å². The molecule has 0 aliphatic heterocycles. The number of aromatic nitrogens is 3. The van der Waals surface area contributed by atoms with E-state index in [0.29, 0.717) is 29.0 Å². The Morgan fingerprint density at radius 2 is 1.74 bits per heavy atom. The Bertz CT molecular complexity index is 1320. The van der Waals surface area contributed by atoms with Crippen LogP contribution in [0.15, 0.2) is 42.5 Å². The maximum atomic E-state index is 12.1. The number of rotatable bonds is 10. The average Bonchev–Trinajstić information content (AvgIpc) is 3.24. The molecule has 4 aromatic rings. The van der Waals surface area contributed by atoms with Crippen LogP contribution in [-0.2, 0) is 24.2 Å². The van der Waals surface area contributed by atoms with Crippen molar-refractivity contribution < 1.29 is 9.53 Å². The summed E-state index contributed by atoms with van der Waals surface area (Å²) >= 11 is 0. The fraction of sp³-hybridized carbons (Fsp3) is 0.393. The summed E-state index contributed by atoms with van der Waals surface area (Å²) in [5.74, 6) is 0.988. The molecule has 0 bridgehead atoms. The molecule has 7 heteroatoms. The van der Waals surface area contributed by atoms with Gasteiger partial charge in [0.2, 0.25) is 0 Å². The number of anilines is 1. The van der Waals surface area contributed by atoms with E-state index in [9.17, 15) is 4.79 Å². The van der Waals surface area contributed by atoms with Crippen molar-refractivity contribution in [2.75, 3.05) is 25.9 Å². The summed E-state index contributed by atoms with van der Waals surface area (Å²) < 4.78 is 7.15. The average molecular weight is 474 g/mol. The molecule has 2 heterocycles. The number of benzene rings is 2. The molecule has 0 unspecified atom stereocenters. The van der Waals surface area contributed by atoms with E-state index in [2.05, 4.69) is 59.5 Å². The monoisotopic (exact) mass is 473 g/mol. The normalized spacial score (nSPS) is 11.6. The number of methoxy groups -OCH3 is 1. The maximum Gasteiger partial charge on any atom is 0.337 e. The number of imidazole rings is 1. The Kier molecular flexibility index (Phi) is 7.66. The molecule has 0 fully saturated rings. The third-order valence-corrected chi connectivity index (χ3v) is 6.62. The summed E-state index contributed by atoms with van der Waals surface area (Å²) in [6.07, 6.45) is 3.00. The first-order valence-corrected chi connectivity index (χ1v) is 12.5. The van der Waals surface area contributed by atoms with Crippen LogP contribution in [0.25, 0.3) is 21.9 Å². The highest BCUT2D eigenvalue weighted by Gasteiger charge is 2.19. The van der Waals surface area contributed by atoms with Crippen LogP contribution in [-0.4, -0.2) is 45.6 Å². The number of nitrogens with two attached hydrogens (primary N) is 1. The molecule has 0 aliphatic carbocycles. The van der Waals surface area contributed by atoms with Crippen LogP contribution in [0.1, 0.15) is 60.9 Å². The molecule has 0 spiro atoms. The van der Waals surface area contributed by atoms with Crippen LogP contribution < -0.4 is 5.73 Å². The number of nitrogens with zero attached hydrogens (tertiary/aromatic N) is 4. The van der Waals surface area contributed by atoms with E-state index in [-0.39, 0.29) is 0 Å². The largest absolute Gasteiger partial charge is 0.465 e. The molecule has 184 valence electrons. The van der Waals surface area contributed by atoms with Gasteiger partial charge in [-0.25, -0.2) is 14.8 Å². The van der Waals surface area contributed by atoms with Crippen molar-refractivity contribution in [3.63, 3.8) is 0 Å². The van der Waals surface area contributed by atoms with Crippen molar-refractivity contribution >= 4 is 33.7 Å². The zero-order chi connectivity index (χ0) is 24.9. The number of aryl methyl sites for hydroxylation is 1. The molecule has 0 amide bonds. The predicted octanol–water partition coefficient (Wildman–Crippen LogP) is 5.19. The van der Waals surface area contributed by atoms with Crippen molar-refractivity contribution in [1.82, 2.24) is 19.4 Å². The highest BCUT2D eigenvalue weighted by molar-refractivity contribution is 6.08. The Labute approximate surface area is 206 Å². The summed E-state index contributed by atoms with van der Waals surface area (Å²) in [5.41, 5.74) is 11.7. The van der Waals surface area contributed by atoms with Gasteiger partial charge in [0.1, 0.15) is 11.3 Å². The smallest absolute Gasteiger partial charge is 0.337 e. The van der Waals surface area contributed by atoms with E-state index >= 15 is 0 Å². The lowest BCUT2D eigenvalue weighted by Crippen LogP contribution is -2.22. The van der Waals surface area contributed by atoms with Crippen LogP contribution in [0.3, 0.4) is 0 Å². The summed E-state index contributed by atoms with van der Waals surface area (Å²) in [4.78, 5) is 24.0. The van der Waals surface area contributed by atoms with Crippen molar-refractivity contribution in [1.29, 1.82) is 0 Å². The number of nitrogen functional groups attached to an aromatic ring is 1. The van der Waals surface area contributed by atoms with Gasteiger partial charge in [0, 0.05) is 24.9 Å². The minimum atomic E-state index is -0.394. The summed E-state index contributed by atoms with van der Waals surface area (Å²) in [6.45, 7) is 10.3. The third kappa shape index (κ3) is 5.15. The summed E-state index contributed by atoms with van der Waals surface area (Å²) in [7, 11) is 1.37. The first kappa shape index (κ1) is 24.7. The molecule has 0 saturated carbocycles. The fourth-order valence-corrected chi connectivity index (χ4v) is 4.54. The predicted molar refractivity (Wildman–Crippen MR) is 142 cm³/mol. The highest BCUT2D eigenvalue weighted by Crippen LogP contribution is 2.31. The van der Waals surface area contributed by atoms with Gasteiger partial charge in [-0.3, -0.25) is 4.90 Å². The number of carbonyl (C=O) groups excluding carboxylic acids is 1. The van der Waals surface area contributed by atoms with E-state index in [1.807, 2.05) is 6.07 Å². The van der Waals surface area contributed by atoms with Crippen molar-refractivity contribution in [2.24, 2.45) is 0 Å². The molecule has 4 rings (SSSR count). The first-order chi connectivity index (χ1) is 17.0. The van der Waals surface area contributed by atoms with Crippen molar-refractivity contribution in [3.05, 3.63) is 65.0 Å². The second-order valence-electron chi connectivity index (χ2n) is 8.91. The highest BCUT2D eigenvalue weighted by atomic mass is 16.5. The van der Waals surface area contributed by atoms with E-state index in [1.165, 1.54) is 18.2 Å². The van der Waals surface area contributed by atoms with Crippen LogP contribution in [0, 0.1) is 0 Å². The standard InChI is InChI=1S/C28H35N5O2/c1-5-8-9-24-31-25-26(22-15-14-21(28(34)35-4)16-23(22)30-27(25)29)33(24)18-20-12-10-19(11-13-20)17-32(6-2)7-3/h10-16H,5-9,17-18H2,1-4H3,(H2,29,30). The lowest BCUT2D eigenvalue weighted by Gasteiger charge is -2.18. The quantitative estimate of drug-likeness (QED) is 0.319. The first-order valence-electron chi connectivity index (χ1n) is 12.5. The number of pyridine rings is 1. The molecule has 0 saturated heterocycles. The van der Waals surface area contributed by atoms with Crippen LogP contribution in [0.4, 0.5) is 5.82 Å². The molecule has 0 radical (unpaired) electrons. The fourth-order valence-electron chi connectivity index (χ4n) is 4.54. The number of hydrogen-bond donors (Lipinski definition) is 1. The molecule has 2 aromatic heterocycles. The maximum absolute atomic E-state index is 12.1. The van der Waals surface area contributed by atoms with Gasteiger partial charge in [-0.05, 0) is 48.8 Å². The molecule has 0 aliphatic rings. The summed E-state index contributed by atoms with van der Waals surface area (Å²) in [5, 5.41) is 0.926. The Morgan fingerprint density at radius 3 is 2.40 bits per heavy atom. The van der Waals surface area contributed by atoms with Gasteiger partial charge >= 0.3 is 5.97 Å². The van der Waals surface area contributed by atoms with Crippen molar-refractivity contribution in [2.45, 2.75) is 53.1 Å². The van der Waals surface area contributed by atoms with Crippen molar-refractivity contribution in [3.8, 4) is 0 Å². The van der Waals surface area contributed by atoms with E-state index in [4.69, 9.17) is 15.5 Å². The molecular weight excluding hydrogens is 438 g/mol. The van der Waals surface area contributed by atoms with E-state index in [1.54, 1.807) is 12.1 Å². The second kappa shape index (κ2) is 10.9. The van der Waals surface area contributed by atoms with Gasteiger partial charge in [-0.15, -0.1) is 0 Å². The number of ether oxygens (including phenoxy) is 1. The Morgan fingerprint density at radius 1 is 1.03 bits per heavy atom.